The molecule has 0 spiro atoms. The number of fused-ring (bicyclic) bond motifs is 1. The lowest BCUT2D eigenvalue weighted by Crippen LogP contribution is -2.71. The quantitative estimate of drug-likeness (QED) is 0.0309. The standard InChI is InChI=1S/C39H33N9O11S2/c1-20(49)56-27-15-14-24(16-28(27)57-21(2)50)36(53)59-44-29(26-17-55-38(40)41-26)33(51)42-30-34(52)48-31(25(18-60-35(30)48)19-61-39-43-45-46-47(39)3)37(54)58-32(22-10-6-4-7-11-22)23-12-8-5-9-13-23/h4-17,30,32,35H,18-19H2,1-3H3,(H2,40,41)(H,42,51)/b44-29-/t30-,35-/m1/s1. The van der Waals surface area contributed by atoms with Crippen molar-refractivity contribution in [3.05, 3.63) is 119 Å². The van der Waals surface area contributed by atoms with Crippen LogP contribution in [0.4, 0.5) is 6.01 Å². The lowest BCUT2D eigenvalue weighted by atomic mass is 10.0. The summed E-state index contributed by atoms with van der Waals surface area (Å²) in [5.74, 6) is -4.94. The molecule has 4 heterocycles. The van der Waals surface area contributed by atoms with Crippen molar-refractivity contribution in [3.8, 4) is 11.5 Å². The van der Waals surface area contributed by atoms with Crippen LogP contribution in [0.25, 0.3) is 0 Å². The number of esters is 3. The average Bonchev–Trinajstić information content (AvgIpc) is 3.88. The first-order valence-corrected chi connectivity index (χ1v) is 20.1. The number of amides is 2. The number of thioether (sulfide) groups is 2. The number of hydrogen-bond acceptors (Lipinski definition) is 19. The Kier molecular flexibility index (Phi) is 12.5. The van der Waals surface area contributed by atoms with E-state index in [2.05, 4.69) is 31.0 Å². The Morgan fingerprint density at radius 1 is 0.967 bits per heavy atom. The zero-order valence-electron chi connectivity index (χ0n) is 32.2. The maximum Gasteiger partial charge on any atom is 0.365 e. The smallest absolute Gasteiger partial charge is 0.365 e. The van der Waals surface area contributed by atoms with Gasteiger partial charge in [0.15, 0.2) is 23.3 Å². The van der Waals surface area contributed by atoms with Gasteiger partial charge in [0, 0.05) is 32.4 Å². The number of benzene rings is 3. The predicted octanol–water partition coefficient (Wildman–Crippen LogP) is 2.97. The average molecular weight is 868 g/mol. The summed E-state index contributed by atoms with van der Waals surface area (Å²) in [4.78, 5) is 89.0. The molecule has 61 heavy (non-hydrogen) atoms. The van der Waals surface area contributed by atoms with Crippen molar-refractivity contribution in [2.75, 3.05) is 17.2 Å². The number of oxazole rings is 1. The van der Waals surface area contributed by atoms with Crippen molar-refractivity contribution in [2.24, 2.45) is 12.2 Å². The first-order chi connectivity index (χ1) is 29.4. The summed E-state index contributed by atoms with van der Waals surface area (Å²) >= 11 is 2.56. The number of oxime groups is 1. The molecular formula is C39H33N9O11S2. The van der Waals surface area contributed by atoms with Gasteiger partial charge in [0.1, 0.15) is 29.1 Å². The van der Waals surface area contributed by atoms with E-state index in [9.17, 15) is 28.8 Å². The lowest BCUT2D eigenvalue weighted by molar-refractivity contribution is -0.154. The van der Waals surface area contributed by atoms with Crippen LogP contribution in [-0.2, 0) is 40.6 Å². The minimum Gasteiger partial charge on any atom is -0.448 e. The van der Waals surface area contributed by atoms with Crippen LogP contribution in [-0.4, -0.2) is 94.4 Å². The minimum absolute atomic E-state index is 0.0127. The van der Waals surface area contributed by atoms with Crippen molar-refractivity contribution in [2.45, 2.75) is 36.5 Å². The number of carbonyl (C=O) groups is 6. The van der Waals surface area contributed by atoms with Crippen molar-refractivity contribution >= 4 is 70.9 Å². The van der Waals surface area contributed by atoms with Gasteiger partial charge in [-0.1, -0.05) is 77.6 Å². The molecule has 2 aliphatic heterocycles. The molecule has 1 fully saturated rings. The molecule has 0 aliphatic carbocycles. The van der Waals surface area contributed by atoms with Gasteiger partial charge in [0.2, 0.25) is 5.16 Å². The van der Waals surface area contributed by atoms with Crippen LogP contribution in [0.5, 0.6) is 11.5 Å². The van der Waals surface area contributed by atoms with Crippen molar-refractivity contribution < 1.29 is 52.2 Å². The van der Waals surface area contributed by atoms with Crippen molar-refractivity contribution in [1.29, 1.82) is 0 Å². The molecule has 0 bridgehead atoms. The highest BCUT2D eigenvalue weighted by molar-refractivity contribution is 8.01. The predicted molar refractivity (Wildman–Crippen MR) is 214 cm³/mol. The number of nitrogens with two attached hydrogens (primary N) is 1. The SMILES string of the molecule is CC(=O)Oc1ccc(C(=O)O/N=C(\C(=O)N[C@@H]2C(=O)N3C(C(=O)OC(c4ccccc4)c4ccccc4)=C(CSc4nnnn4C)CS[C@H]23)c2coc(N)n2)cc1OC(C)=O. The van der Waals surface area contributed by atoms with Gasteiger partial charge in [-0.05, 0) is 45.3 Å². The van der Waals surface area contributed by atoms with Crippen LogP contribution in [0.2, 0.25) is 0 Å². The highest BCUT2D eigenvalue weighted by atomic mass is 32.2. The topological polar surface area (TPSA) is 263 Å². The van der Waals surface area contributed by atoms with Gasteiger partial charge in [-0.2, -0.15) is 4.98 Å². The number of aryl methyl sites for hydroxylation is 1. The molecule has 20 nitrogen and oxygen atoms in total. The van der Waals surface area contributed by atoms with Crippen LogP contribution >= 0.6 is 23.5 Å². The van der Waals surface area contributed by atoms with Crippen LogP contribution in [0.15, 0.2) is 111 Å². The van der Waals surface area contributed by atoms with Gasteiger partial charge in [0.25, 0.3) is 17.8 Å². The second-order valence-electron chi connectivity index (χ2n) is 13.0. The molecule has 3 aromatic carbocycles. The molecule has 0 saturated carbocycles. The fourth-order valence-electron chi connectivity index (χ4n) is 6.08. The van der Waals surface area contributed by atoms with Gasteiger partial charge in [-0.25, -0.2) is 14.3 Å². The number of aromatic nitrogens is 5. The summed E-state index contributed by atoms with van der Waals surface area (Å²) in [6, 6.07) is 20.2. The number of anilines is 1. The molecule has 2 atom stereocenters. The van der Waals surface area contributed by atoms with Gasteiger partial charge in [-0.3, -0.25) is 24.1 Å². The number of β-lactam (4-membered cyclic amide) rings is 1. The summed E-state index contributed by atoms with van der Waals surface area (Å²) in [7, 11) is 1.67. The number of carbonyl (C=O) groups excluding carboxylic acids is 6. The second kappa shape index (κ2) is 18.3. The third-order valence-electron chi connectivity index (χ3n) is 8.80. The molecule has 1 saturated heterocycles. The number of hydrogen-bond donors (Lipinski definition) is 2. The van der Waals surface area contributed by atoms with E-state index in [4.69, 9.17) is 29.2 Å². The fourth-order valence-corrected chi connectivity index (χ4v) is 8.42. The van der Waals surface area contributed by atoms with E-state index in [1.165, 1.54) is 45.2 Å². The van der Waals surface area contributed by atoms with E-state index in [1.54, 1.807) is 7.05 Å². The Bertz CT molecular complexity index is 2540. The van der Waals surface area contributed by atoms with Crippen LogP contribution in [0.3, 0.4) is 0 Å². The fraction of sp³-hybridized carbons (Fsp3) is 0.205. The molecule has 22 heteroatoms. The summed E-state index contributed by atoms with van der Waals surface area (Å²) in [6.07, 6.45) is 0.164. The molecule has 2 amide bonds. The number of nitrogen functional groups attached to an aromatic ring is 1. The van der Waals surface area contributed by atoms with Crippen LogP contribution in [0, 0.1) is 0 Å². The Labute approximate surface area is 353 Å². The molecule has 3 N–H and O–H groups in total. The van der Waals surface area contributed by atoms with Crippen LogP contribution in [0.1, 0.15) is 47.1 Å². The Balaban J connectivity index is 1.14. The normalized spacial score (nSPS) is 16.0. The third kappa shape index (κ3) is 9.44. The molecule has 0 unspecified atom stereocenters. The van der Waals surface area contributed by atoms with E-state index in [-0.39, 0.29) is 46.0 Å². The third-order valence-corrected chi connectivity index (χ3v) is 11.2. The van der Waals surface area contributed by atoms with E-state index >= 15 is 0 Å². The Morgan fingerprint density at radius 2 is 1.64 bits per heavy atom. The molecule has 2 aliphatic rings. The largest absolute Gasteiger partial charge is 0.448 e. The summed E-state index contributed by atoms with van der Waals surface area (Å²) < 4.78 is 22.9. The minimum atomic E-state index is -1.19. The number of ether oxygens (including phenoxy) is 3. The van der Waals surface area contributed by atoms with Gasteiger partial charge in [-0.15, -0.1) is 16.9 Å². The first-order valence-electron chi connectivity index (χ1n) is 18.0. The maximum absolute atomic E-state index is 14.4. The van der Waals surface area contributed by atoms with E-state index in [1.807, 2.05) is 60.7 Å². The number of tetrazole rings is 1. The maximum atomic E-state index is 14.4. The number of nitrogens with zero attached hydrogens (tertiary/aromatic N) is 7. The van der Waals surface area contributed by atoms with Crippen LogP contribution < -0.4 is 20.5 Å². The zero-order valence-corrected chi connectivity index (χ0v) is 33.9. The summed E-state index contributed by atoms with van der Waals surface area (Å²) in [6.45, 7) is 2.24. The van der Waals surface area contributed by atoms with Gasteiger partial charge < -0.3 is 34.5 Å². The summed E-state index contributed by atoms with van der Waals surface area (Å²) in [5, 5.41) is 17.6. The molecule has 312 valence electrons. The van der Waals surface area contributed by atoms with Crippen molar-refractivity contribution in [1.82, 2.24) is 35.4 Å². The molecular weight excluding hydrogens is 835 g/mol. The van der Waals surface area contributed by atoms with Crippen molar-refractivity contribution in [3.63, 3.8) is 0 Å². The number of nitrogens with one attached hydrogen (secondary N) is 1. The zero-order chi connectivity index (χ0) is 43.2. The lowest BCUT2D eigenvalue weighted by Gasteiger charge is -2.49. The van der Waals surface area contributed by atoms with Gasteiger partial charge in [0.05, 0.1) is 5.56 Å². The molecule has 5 aromatic rings. The highest BCUT2D eigenvalue weighted by Crippen LogP contribution is 2.43. The second-order valence-corrected chi connectivity index (χ2v) is 15.1. The van der Waals surface area contributed by atoms with E-state index in [0.717, 1.165) is 26.2 Å². The molecule has 0 radical (unpaired) electrons. The van der Waals surface area contributed by atoms with E-state index < -0.39 is 58.9 Å². The van der Waals surface area contributed by atoms with E-state index in [0.29, 0.717) is 21.9 Å². The number of rotatable bonds is 14. The summed E-state index contributed by atoms with van der Waals surface area (Å²) in [5.41, 5.74) is 6.60. The van der Waals surface area contributed by atoms with Gasteiger partial charge >= 0.3 is 23.9 Å². The molecule has 2 aromatic heterocycles. The first kappa shape index (κ1) is 41.8. The molecule has 7 rings (SSSR count). The Hall–Kier alpha value is -7.33. The Morgan fingerprint density at radius 3 is 2.25 bits per heavy atom. The monoisotopic (exact) mass is 867 g/mol. The highest BCUT2D eigenvalue weighted by Gasteiger charge is 2.55.